The number of benzene rings is 1. The minimum Gasteiger partial charge on any atom is -0.383 e. The molecule has 1 aromatic rings. The molecule has 0 aromatic heterocycles. The van der Waals surface area contributed by atoms with Crippen molar-refractivity contribution < 1.29 is 0 Å². The van der Waals surface area contributed by atoms with E-state index in [-0.39, 0.29) is 0 Å². The second-order valence-electron chi connectivity index (χ2n) is 6.74. The quantitative estimate of drug-likeness (QED) is 0.864. The summed E-state index contributed by atoms with van der Waals surface area (Å²) in [6.07, 6.45) is 5.11. The smallest absolute Gasteiger partial charge is 0.0766 e. The Kier molecular flexibility index (Phi) is 5.25. The van der Waals surface area contributed by atoms with Crippen LogP contribution in [0, 0.1) is 11.3 Å². The normalized spacial score (nSPS) is 20.6. The lowest BCUT2D eigenvalue weighted by Crippen LogP contribution is -2.37. The zero-order valence-corrected chi connectivity index (χ0v) is 13.4. The third kappa shape index (κ3) is 4.47. The molecule has 1 fully saturated rings. The Morgan fingerprint density at radius 1 is 1.33 bits per heavy atom. The number of nitriles is 1. The molecule has 0 amide bonds. The molecule has 1 saturated heterocycles. The molecule has 114 valence electrons. The number of hydrogen-bond acceptors (Lipinski definition) is 3. The Morgan fingerprint density at radius 2 is 2.05 bits per heavy atom. The topological polar surface area (TPSA) is 47.8 Å². The van der Waals surface area contributed by atoms with Crippen molar-refractivity contribution in [3.05, 3.63) is 29.8 Å². The van der Waals surface area contributed by atoms with Crippen LogP contribution in [0.25, 0.3) is 0 Å². The molecule has 21 heavy (non-hydrogen) atoms. The van der Waals surface area contributed by atoms with Crippen molar-refractivity contribution >= 4 is 5.69 Å². The molecule has 2 unspecified atom stereocenters. The highest BCUT2D eigenvalue weighted by molar-refractivity contribution is 5.47. The summed E-state index contributed by atoms with van der Waals surface area (Å²) >= 11 is 0. The second kappa shape index (κ2) is 6.95. The van der Waals surface area contributed by atoms with Crippen LogP contribution in [-0.2, 0) is 5.41 Å². The first-order valence-corrected chi connectivity index (χ1v) is 8.03. The highest BCUT2D eigenvalue weighted by Crippen LogP contribution is 2.24. The van der Waals surface area contributed by atoms with Gasteiger partial charge in [0.05, 0.1) is 11.5 Å². The number of nitrogens with one attached hydrogen (secondary N) is 2. The zero-order valence-electron chi connectivity index (χ0n) is 13.4. The summed E-state index contributed by atoms with van der Waals surface area (Å²) in [6.45, 7) is 7.30. The molecule has 0 spiro atoms. The van der Waals surface area contributed by atoms with E-state index in [1.165, 1.54) is 19.3 Å². The van der Waals surface area contributed by atoms with Crippen molar-refractivity contribution in [2.75, 3.05) is 11.9 Å². The Morgan fingerprint density at radius 3 is 2.62 bits per heavy atom. The molecule has 2 atom stereocenters. The van der Waals surface area contributed by atoms with Crippen LogP contribution in [-0.4, -0.2) is 18.6 Å². The van der Waals surface area contributed by atoms with Gasteiger partial charge in [0.25, 0.3) is 0 Å². The molecule has 3 nitrogen and oxygen atoms in total. The highest BCUT2D eigenvalue weighted by atomic mass is 15.0. The number of hydrogen-bond donors (Lipinski definition) is 2. The average molecular weight is 285 g/mol. The lowest BCUT2D eigenvalue weighted by atomic mass is 9.86. The van der Waals surface area contributed by atoms with E-state index in [2.05, 4.69) is 47.9 Å². The van der Waals surface area contributed by atoms with Crippen LogP contribution in [0.2, 0.25) is 0 Å². The van der Waals surface area contributed by atoms with Crippen molar-refractivity contribution in [3.63, 3.8) is 0 Å². The summed E-state index contributed by atoms with van der Waals surface area (Å²) < 4.78 is 0. The maximum absolute atomic E-state index is 9.17. The van der Waals surface area contributed by atoms with Crippen LogP contribution in [0.1, 0.15) is 52.0 Å². The summed E-state index contributed by atoms with van der Waals surface area (Å²) in [6, 6.07) is 11.7. The Bertz CT molecular complexity index is 478. The summed E-state index contributed by atoms with van der Waals surface area (Å²) in [5, 5.41) is 16.3. The fourth-order valence-electron chi connectivity index (χ4n) is 2.94. The summed E-state index contributed by atoms with van der Waals surface area (Å²) in [7, 11) is 0. The number of piperidine rings is 1. The lowest BCUT2D eigenvalue weighted by Gasteiger charge is -2.27. The summed E-state index contributed by atoms with van der Waals surface area (Å²) in [4.78, 5) is 0. The Balaban J connectivity index is 1.89. The largest absolute Gasteiger partial charge is 0.383 e. The fourth-order valence-corrected chi connectivity index (χ4v) is 2.94. The second-order valence-corrected chi connectivity index (χ2v) is 6.74. The maximum Gasteiger partial charge on any atom is 0.0766 e. The molecular formula is C18H27N3. The monoisotopic (exact) mass is 285 g/mol. The van der Waals surface area contributed by atoms with Crippen molar-refractivity contribution in [3.8, 4) is 6.07 Å². The molecule has 0 bridgehead atoms. The van der Waals surface area contributed by atoms with Gasteiger partial charge in [0.15, 0.2) is 0 Å². The molecule has 2 rings (SSSR count). The number of anilines is 1. The minimum absolute atomic E-state index is 0.420. The van der Waals surface area contributed by atoms with E-state index in [1.807, 2.05) is 13.8 Å². The van der Waals surface area contributed by atoms with Gasteiger partial charge >= 0.3 is 0 Å². The van der Waals surface area contributed by atoms with Crippen LogP contribution in [0.15, 0.2) is 24.3 Å². The first-order valence-electron chi connectivity index (χ1n) is 8.03. The SMILES string of the molecule is CC(CC1CCCCN1)Nc1ccc(C(C)(C)C#N)cc1. The zero-order chi connectivity index (χ0) is 15.3. The molecule has 1 aliphatic rings. The van der Waals surface area contributed by atoms with E-state index in [9.17, 15) is 5.26 Å². The average Bonchev–Trinajstić information content (AvgIpc) is 2.48. The van der Waals surface area contributed by atoms with E-state index < -0.39 is 5.41 Å². The highest BCUT2D eigenvalue weighted by Gasteiger charge is 2.19. The first-order chi connectivity index (χ1) is 10.0. The van der Waals surface area contributed by atoms with Crippen LogP contribution in [0.4, 0.5) is 5.69 Å². The molecule has 1 aliphatic heterocycles. The standard InChI is InChI=1S/C18H27N3/c1-14(12-17-6-4-5-11-20-17)21-16-9-7-15(8-10-16)18(2,3)13-19/h7-10,14,17,20-21H,4-6,11-12H2,1-3H3. The fraction of sp³-hybridized carbons (Fsp3) is 0.611. The van der Waals surface area contributed by atoms with Gasteiger partial charge in [0.2, 0.25) is 0 Å². The molecule has 0 radical (unpaired) electrons. The van der Waals surface area contributed by atoms with Crippen molar-refractivity contribution in [2.45, 2.75) is 64.0 Å². The Labute approximate surface area is 128 Å². The van der Waals surface area contributed by atoms with Crippen molar-refractivity contribution in [2.24, 2.45) is 0 Å². The van der Waals surface area contributed by atoms with Crippen molar-refractivity contribution in [1.29, 1.82) is 5.26 Å². The Hall–Kier alpha value is -1.53. The molecule has 0 aliphatic carbocycles. The molecule has 2 N–H and O–H groups in total. The maximum atomic E-state index is 9.17. The summed E-state index contributed by atoms with van der Waals surface area (Å²) in [5.41, 5.74) is 1.78. The van der Waals surface area contributed by atoms with Gasteiger partial charge < -0.3 is 10.6 Å². The third-order valence-corrected chi connectivity index (χ3v) is 4.35. The molecular weight excluding hydrogens is 258 g/mol. The van der Waals surface area contributed by atoms with Crippen molar-refractivity contribution in [1.82, 2.24) is 5.32 Å². The number of nitrogens with zero attached hydrogens (tertiary/aromatic N) is 1. The summed E-state index contributed by atoms with van der Waals surface area (Å²) in [5.74, 6) is 0. The van der Waals surface area contributed by atoms with E-state index in [4.69, 9.17) is 0 Å². The van der Waals surface area contributed by atoms with Crippen LogP contribution < -0.4 is 10.6 Å². The predicted octanol–water partition coefficient (Wildman–Crippen LogP) is 3.82. The van der Waals surface area contributed by atoms with Gasteiger partial charge in [-0.2, -0.15) is 5.26 Å². The van der Waals surface area contributed by atoms with Crippen LogP contribution in [0.5, 0.6) is 0 Å². The van der Waals surface area contributed by atoms with Gasteiger partial charge in [-0.1, -0.05) is 18.6 Å². The molecule has 3 heteroatoms. The molecule has 1 aromatic carbocycles. The van der Waals surface area contributed by atoms with Gasteiger partial charge in [0.1, 0.15) is 0 Å². The van der Waals surface area contributed by atoms with Gasteiger partial charge in [-0.05, 0) is 64.3 Å². The van der Waals surface area contributed by atoms with Gasteiger partial charge in [-0.25, -0.2) is 0 Å². The molecule has 0 saturated carbocycles. The van der Waals surface area contributed by atoms with Crippen LogP contribution in [0.3, 0.4) is 0 Å². The van der Waals surface area contributed by atoms with E-state index in [0.29, 0.717) is 12.1 Å². The lowest BCUT2D eigenvalue weighted by molar-refractivity contribution is 0.371. The van der Waals surface area contributed by atoms with Gasteiger partial charge in [-0.3, -0.25) is 0 Å². The first kappa shape index (κ1) is 15.9. The third-order valence-electron chi connectivity index (χ3n) is 4.35. The van der Waals surface area contributed by atoms with Gasteiger partial charge in [-0.15, -0.1) is 0 Å². The number of rotatable bonds is 5. The van der Waals surface area contributed by atoms with Gasteiger partial charge in [0, 0.05) is 17.8 Å². The molecule has 1 heterocycles. The van der Waals surface area contributed by atoms with E-state index in [1.54, 1.807) is 0 Å². The van der Waals surface area contributed by atoms with E-state index >= 15 is 0 Å². The van der Waals surface area contributed by atoms with Crippen LogP contribution >= 0.6 is 0 Å². The van der Waals surface area contributed by atoms with E-state index in [0.717, 1.165) is 24.2 Å². The predicted molar refractivity (Wildman–Crippen MR) is 88.4 cm³/mol. The minimum atomic E-state index is -0.420.